The molecule has 100 valence electrons. The quantitative estimate of drug-likeness (QED) is 0.600. The fraction of sp³-hybridized carbons (Fsp3) is 0.0667. The van der Waals surface area contributed by atoms with Crippen LogP contribution < -0.4 is 4.74 Å². The number of halogens is 2. The Labute approximate surface area is 129 Å². The van der Waals surface area contributed by atoms with Crippen LogP contribution in [0, 0.1) is 6.92 Å². The molecule has 1 heterocycles. The fourth-order valence-electron chi connectivity index (χ4n) is 1.93. The lowest BCUT2D eigenvalue weighted by Gasteiger charge is -2.10. The highest BCUT2D eigenvalue weighted by molar-refractivity contribution is 9.10. The Balaban J connectivity index is 2.10. The Morgan fingerprint density at radius 2 is 1.90 bits per heavy atom. The van der Waals surface area contributed by atoms with Crippen LogP contribution in [0.25, 0.3) is 10.9 Å². The summed E-state index contributed by atoms with van der Waals surface area (Å²) in [7, 11) is 0. The second kappa shape index (κ2) is 5.38. The molecule has 0 bridgehead atoms. The van der Waals surface area contributed by atoms with E-state index in [1.807, 2.05) is 49.4 Å². The summed E-state index contributed by atoms with van der Waals surface area (Å²) in [6.07, 6.45) is 0. The molecule has 1 aromatic heterocycles. The van der Waals surface area contributed by atoms with Gasteiger partial charge in [0.2, 0.25) is 11.2 Å². The summed E-state index contributed by atoms with van der Waals surface area (Å²) in [5, 5.41) is 1.01. The third-order valence-corrected chi connectivity index (χ3v) is 3.55. The molecular formula is C15H10BrClN2O. The van der Waals surface area contributed by atoms with Gasteiger partial charge in [0.05, 0.1) is 10.9 Å². The van der Waals surface area contributed by atoms with Crippen molar-refractivity contribution in [3.63, 3.8) is 0 Å². The van der Waals surface area contributed by atoms with Crippen LogP contribution >= 0.6 is 27.5 Å². The van der Waals surface area contributed by atoms with Gasteiger partial charge in [0.15, 0.2) is 0 Å². The van der Waals surface area contributed by atoms with Crippen molar-refractivity contribution in [3.8, 4) is 11.6 Å². The van der Waals surface area contributed by atoms with E-state index in [1.165, 1.54) is 0 Å². The average molecular weight is 350 g/mol. The highest BCUT2D eigenvalue weighted by Crippen LogP contribution is 2.31. The topological polar surface area (TPSA) is 35.0 Å². The lowest BCUT2D eigenvalue weighted by atomic mass is 10.2. The highest BCUT2D eigenvalue weighted by atomic mass is 79.9. The van der Waals surface area contributed by atoms with Crippen molar-refractivity contribution < 1.29 is 4.74 Å². The predicted octanol–water partition coefficient (Wildman–Crippen LogP) is 5.15. The monoisotopic (exact) mass is 348 g/mol. The van der Waals surface area contributed by atoms with Crippen molar-refractivity contribution in [1.29, 1.82) is 0 Å². The van der Waals surface area contributed by atoms with E-state index in [2.05, 4.69) is 25.9 Å². The summed E-state index contributed by atoms with van der Waals surface area (Å²) in [6, 6.07) is 13.4. The van der Waals surface area contributed by atoms with Crippen LogP contribution in [-0.2, 0) is 0 Å². The Hall–Kier alpha value is -1.65. The van der Waals surface area contributed by atoms with Gasteiger partial charge in [-0.3, -0.25) is 0 Å². The fourth-order valence-corrected chi connectivity index (χ4v) is 2.57. The van der Waals surface area contributed by atoms with Gasteiger partial charge < -0.3 is 4.74 Å². The van der Waals surface area contributed by atoms with Crippen LogP contribution in [0.2, 0.25) is 5.28 Å². The first kappa shape index (κ1) is 13.3. The lowest BCUT2D eigenvalue weighted by Crippen LogP contribution is -1.94. The molecule has 3 nitrogen and oxygen atoms in total. The third kappa shape index (κ3) is 2.62. The molecule has 0 N–H and O–H groups in total. The smallest absolute Gasteiger partial charge is 0.231 e. The minimum absolute atomic E-state index is 0.175. The van der Waals surface area contributed by atoms with Gasteiger partial charge in [0, 0.05) is 4.47 Å². The van der Waals surface area contributed by atoms with Gasteiger partial charge in [-0.25, -0.2) is 4.98 Å². The number of fused-ring (bicyclic) bond motifs is 1. The normalized spacial score (nSPS) is 10.8. The number of ether oxygens (including phenoxy) is 1. The highest BCUT2D eigenvalue weighted by Gasteiger charge is 2.10. The first-order chi connectivity index (χ1) is 9.63. The first-order valence-electron chi connectivity index (χ1n) is 6.00. The standard InChI is InChI=1S/C15H10BrClN2O/c1-9-8-10(16)6-7-13(9)20-14-11-4-2-3-5-12(11)18-15(17)19-14/h2-8H,1H3. The van der Waals surface area contributed by atoms with Gasteiger partial charge in [0.25, 0.3) is 0 Å². The zero-order chi connectivity index (χ0) is 14.1. The summed E-state index contributed by atoms with van der Waals surface area (Å²) in [6.45, 7) is 1.98. The van der Waals surface area contributed by atoms with Crippen LogP contribution in [0.15, 0.2) is 46.9 Å². The number of hydrogen-bond acceptors (Lipinski definition) is 3. The van der Waals surface area contributed by atoms with Gasteiger partial charge >= 0.3 is 0 Å². The number of rotatable bonds is 2. The average Bonchev–Trinajstić information content (AvgIpc) is 2.41. The van der Waals surface area contributed by atoms with Crippen molar-refractivity contribution in [2.45, 2.75) is 6.92 Å². The van der Waals surface area contributed by atoms with E-state index < -0.39 is 0 Å². The van der Waals surface area contributed by atoms with E-state index in [1.54, 1.807) is 0 Å². The summed E-state index contributed by atoms with van der Waals surface area (Å²) in [5.41, 5.74) is 1.77. The second-order valence-electron chi connectivity index (χ2n) is 4.33. The van der Waals surface area contributed by atoms with Gasteiger partial charge in [-0.1, -0.05) is 28.1 Å². The maximum atomic E-state index is 5.95. The molecule has 3 aromatic rings. The van der Waals surface area contributed by atoms with Crippen molar-refractivity contribution >= 4 is 38.4 Å². The molecule has 0 saturated heterocycles. The summed E-state index contributed by atoms with van der Waals surface area (Å²) >= 11 is 9.38. The van der Waals surface area contributed by atoms with E-state index in [0.717, 1.165) is 26.7 Å². The minimum atomic E-state index is 0.175. The number of benzene rings is 2. The second-order valence-corrected chi connectivity index (χ2v) is 5.58. The van der Waals surface area contributed by atoms with Crippen LogP contribution in [0.1, 0.15) is 5.56 Å². The van der Waals surface area contributed by atoms with Crippen LogP contribution in [0.4, 0.5) is 0 Å². The number of aryl methyl sites for hydroxylation is 1. The Morgan fingerprint density at radius 1 is 1.10 bits per heavy atom. The number of hydrogen-bond donors (Lipinski definition) is 0. The van der Waals surface area contributed by atoms with Gasteiger partial charge in [0.1, 0.15) is 5.75 Å². The summed E-state index contributed by atoms with van der Waals surface area (Å²) in [4.78, 5) is 8.36. The molecule has 5 heteroatoms. The van der Waals surface area contributed by atoms with E-state index >= 15 is 0 Å². The number of para-hydroxylation sites is 1. The molecule has 0 radical (unpaired) electrons. The minimum Gasteiger partial charge on any atom is -0.438 e. The van der Waals surface area contributed by atoms with E-state index in [-0.39, 0.29) is 5.28 Å². The Bertz CT molecular complexity index is 792. The molecule has 0 spiro atoms. The van der Waals surface area contributed by atoms with E-state index in [4.69, 9.17) is 16.3 Å². The largest absolute Gasteiger partial charge is 0.438 e. The zero-order valence-electron chi connectivity index (χ0n) is 10.6. The third-order valence-electron chi connectivity index (χ3n) is 2.88. The number of aromatic nitrogens is 2. The van der Waals surface area contributed by atoms with Gasteiger partial charge in [-0.05, 0) is 54.4 Å². The summed E-state index contributed by atoms with van der Waals surface area (Å²) < 4.78 is 6.91. The maximum Gasteiger partial charge on any atom is 0.231 e. The lowest BCUT2D eigenvalue weighted by molar-refractivity contribution is 0.464. The van der Waals surface area contributed by atoms with Crippen molar-refractivity contribution in [2.75, 3.05) is 0 Å². The molecule has 0 aliphatic carbocycles. The van der Waals surface area contributed by atoms with Crippen molar-refractivity contribution in [1.82, 2.24) is 9.97 Å². The van der Waals surface area contributed by atoms with Crippen LogP contribution in [-0.4, -0.2) is 9.97 Å². The van der Waals surface area contributed by atoms with E-state index in [9.17, 15) is 0 Å². The Morgan fingerprint density at radius 3 is 2.70 bits per heavy atom. The first-order valence-corrected chi connectivity index (χ1v) is 7.17. The van der Waals surface area contributed by atoms with Crippen molar-refractivity contribution in [2.24, 2.45) is 0 Å². The molecular weight excluding hydrogens is 340 g/mol. The molecule has 20 heavy (non-hydrogen) atoms. The molecule has 0 fully saturated rings. The SMILES string of the molecule is Cc1cc(Br)ccc1Oc1nc(Cl)nc2ccccc12. The molecule has 0 aliphatic heterocycles. The molecule has 0 unspecified atom stereocenters. The number of nitrogens with zero attached hydrogens (tertiary/aromatic N) is 2. The van der Waals surface area contributed by atoms with Gasteiger partial charge in [-0.2, -0.15) is 4.98 Å². The maximum absolute atomic E-state index is 5.95. The Kier molecular flexibility index (Phi) is 3.59. The van der Waals surface area contributed by atoms with E-state index in [0.29, 0.717) is 5.88 Å². The molecule has 0 saturated carbocycles. The van der Waals surface area contributed by atoms with Crippen LogP contribution in [0.3, 0.4) is 0 Å². The van der Waals surface area contributed by atoms with Crippen molar-refractivity contribution in [3.05, 3.63) is 57.8 Å². The molecule has 0 amide bonds. The van der Waals surface area contributed by atoms with Crippen LogP contribution in [0.5, 0.6) is 11.6 Å². The molecule has 2 aromatic carbocycles. The molecule has 3 rings (SSSR count). The predicted molar refractivity (Wildman–Crippen MR) is 83.5 cm³/mol. The molecule has 0 atom stereocenters. The van der Waals surface area contributed by atoms with Gasteiger partial charge in [-0.15, -0.1) is 0 Å². The molecule has 0 aliphatic rings. The summed E-state index contributed by atoms with van der Waals surface area (Å²) in [5.74, 6) is 1.21. The zero-order valence-corrected chi connectivity index (χ0v) is 12.9.